The van der Waals surface area contributed by atoms with Gasteiger partial charge < -0.3 is 29.6 Å². The summed E-state index contributed by atoms with van der Waals surface area (Å²) in [5.74, 6) is -0.195. The number of carbonyl (C=O) groups is 2. The SMILES string of the molecule is C=CCN1C(=O)[C@@]2(O[C@@H](CCn3cc(CCO)nn3)[C@H]([Si](C)(C)O)[C@H]2C)c2cc(NC(=O)c3ccc(OC)cc3)ccc21. The van der Waals surface area contributed by atoms with Crippen LogP contribution in [0.5, 0.6) is 5.75 Å². The van der Waals surface area contributed by atoms with Crippen LogP contribution < -0.4 is 15.0 Å². The van der Waals surface area contributed by atoms with Crippen LogP contribution in [0.15, 0.2) is 61.3 Å². The Balaban J connectivity index is 1.49. The van der Waals surface area contributed by atoms with Gasteiger partial charge in [-0.2, -0.15) is 0 Å². The Labute approximate surface area is 252 Å². The molecule has 0 unspecified atom stereocenters. The topological polar surface area (TPSA) is 139 Å². The molecule has 5 rings (SSSR count). The quantitative estimate of drug-likeness (QED) is 0.223. The number of fused-ring (bicyclic) bond motifs is 2. The Morgan fingerprint density at radius 1 is 1.26 bits per heavy atom. The van der Waals surface area contributed by atoms with Crippen molar-refractivity contribution in [3.05, 3.63) is 78.1 Å². The molecule has 3 aromatic rings. The van der Waals surface area contributed by atoms with Gasteiger partial charge in [0.15, 0.2) is 13.9 Å². The second-order valence-electron chi connectivity index (χ2n) is 11.7. The first-order valence-electron chi connectivity index (χ1n) is 14.5. The fourth-order valence-corrected chi connectivity index (χ4v) is 9.22. The Bertz CT molecular complexity index is 1500. The van der Waals surface area contributed by atoms with Gasteiger partial charge in [0.05, 0.1) is 24.6 Å². The number of nitrogens with zero attached hydrogens (tertiary/aromatic N) is 4. The van der Waals surface area contributed by atoms with Crippen molar-refractivity contribution in [3.8, 4) is 5.75 Å². The van der Waals surface area contributed by atoms with Gasteiger partial charge in [-0.1, -0.05) is 18.2 Å². The summed E-state index contributed by atoms with van der Waals surface area (Å²) in [6.07, 6.45) is 3.97. The van der Waals surface area contributed by atoms with E-state index < -0.39 is 20.0 Å². The van der Waals surface area contributed by atoms with Crippen LogP contribution in [0.4, 0.5) is 11.4 Å². The van der Waals surface area contributed by atoms with Crippen LogP contribution in [0.25, 0.3) is 0 Å². The number of hydrogen-bond donors (Lipinski definition) is 3. The highest BCUT2D eigenvalue weighted by Crippen LogP contribution is 2.60. The number of benzene rings is 2. The number of ether oxygens (including phenoxy) is 2. The minimum Gasteiger partial charge on any atom is -0.497 e. The summed E-state index contributed by atoms with van der Waals surface area (Å²) in [4.78, 5) is 40.6. The number of methoxy groups -OCH3 is 1. The van der Waals surface area contributed by atoms with Gasteiger partial charge in [-0.25, -0.2) is 0 Å². The summed E-state index contributed by atoms with van der Waals surface area (Å²) in [6, 6.07) is 12.2. The summed E-state index contributed by atoms with van der Waals surface area (Å²) in [6.45, 7) is 10.3. The van der Waals surface area contributed by atoms with Gasteiger partial charge in [0.1, 0.15) is 5.75 Å². The highest BCUT2D eigenvalue weighted by Gasteiger charge is 2.66. The molecule has 1 fully saturated rings. The molecule has 2 amide bonds. The molecule has 1 aromatic heterocycles. The van der Waals surface area contributed by atoms with Crippen LogP contribution in [0.1, 0.15) is 35.0 Å². The van der Waals surface area contributed by atoms with E-state index in [1.807, 2.05) is 32.2 Å². The van der Waals surface area contributed by atoms with Crippen molar-refractivity contribution in [3.63, 3.8) is 0 Å². The molecule has 11 nitrogen and oxygen atoms in total. The van der Waals surface area contributed by atoms with Crippen LogP contribution in [0, 0.1) is 5.92 Å². The second kappa shape index (κ2) is 12.0. The Kier molecular flexibility index (Phi) is 8.57. The zero-order chi connectivity index (χ0) is 30.9. The largest absolute Gasteiger partial charge is 0.497 e. The fourth-order valence-electron chi connectivity index (χ4n) is 6.62. The predicted molar refractivity (Wildman–Crippen MR) is 165 cm³/mol. The van der Waals surface area contributed by atoms with E-state index in [9.17, 15) is 19.5 Å². The van der Waals surface area contributed by atoms with E-state index in [0.717, 1.165) is 0 Å². The van der Waals surface area contributed by atoms with Crippen molar-refractivity contribution < 1.29 is 29.0 Å². The van der Waals surface area contributed by atoms with Crippen LogP contribution in [-0.4, -0.2) is 71.4 Å². The summed E-state index contributed by atoms with van der Waals surface area (Å²) >= 11 is 0. The Hall–Kier alpha value is -3.84. The molecule has 0 saturated carbocycles. The Morgan fingerprint density at radius 3 is 2.65 bits per heavy atom. The van der Waals surface area contributed by atoms with Gasteiger partial charge in [0.2, 0.25) is 0 Å². The number of rotatable bonds is 11. The molecule has 12 heteroatoms. The van der Waals surface area contributed by atoms with Crippen LogP contribution in [0.3, 0.4) is 0 Å². The zero-order valence-electron chi connectivity index (χ0n) is 25.0. The first kappa shape index (κ1) is 30.6. The fraction of sp³-hybridized carbons (Fsp3) is 0.419. The van der Waals surface area contributed by atoms with Crippen molar-refractivity contribution in [2.75, 3.05) is 30.5 Å². The summed E-state index contributed by atoms with van der Waals surface area (Å²) in [5.41, 5.74) is 1.45. The molecule has 1 spiro atoms. The lowest BCUT2D eigenvalue weighted by Gasteiger charge is -2.32. The van der Waals surface area contributed by atoms with Crippen molar-refractivity contribution >= 4 is 31.5 Å². The summed E-state index contributed by atoms with van der Waals surface area (Å²) in [7, 11) is -1.28. The van der Waals surface area contributed by atoms with Gasteiger partial charge in [0.25, 0.3) is 11.8 Å². The maximum absolute atomic E-state index is 14.3. The average molecular weight is 606 g/mol. The molecular formula is C31H39N5O6Si. The van der Waals surface area contributed by atoms with Crippen molar-refractivity contribution in [1.29, 1.82) is 0 Å². The van der Waals surface area contributed by atoms with Crippen molar-refractivity contribution in [1.82, 2.24) is 15.0 Å². The maximum atomic E-state index is 14.3. The van der Waals surface area contributed by atoms with E-state index in [1.165, 1.54) is 0 Å². The molecule has 2 aliphatic rings. The molecule has 2 aliphatic heterocycles. The van der Waals surface area contributed by atoms with Crippen LogP contribution in [0.2, 0.25) is 18.6 Å². The highest BCUT2D eigenvalue weighted by molar-refractivity contribution is 6.71. The normalized spacial score (nSPS) is 23.1. The number of nitrogens with one attached hydrogen (secondary N) is 1. The number of aliphatic hydroxyl groups is 1. The first-order chi connectivity index (χ1) is 20.5. The standard InChI is InChI=1S/C31H39N5O6Si/c1-6-15-36-26-12-9-22(32-29(38)21-7-10-24(41-3)11-8-21)18-25(26)31(30(36)39)20(2)28(43(4,5)40)27(42-31)13-16-35-19-23(14-17-37)33-34-35/h6-12,18-20,27-28,37,40H,1,13-17H2,2-5H3,(H,32,38)/t20-,27+,28-,31+/m1/s1. The predicted octanol–water partition coefficient (Wildman–Crippen LogP) is 3.49. The third-order valence-corrected chi connectivity index (χ3v) is 11.0. The van der Waals surface area contributed by atoms with Gasteiger partial charge >= 0.3 is 0 Å². The van der Waals surface area contributed by atoms with E-state index in [-0.39, 0.29) is 29.9 Å². The highest BCUT2D eigenvalue weighted by atomic mass is 28.4. The van der Waals surface area contributed by atoms with Crippen LogP contribution >= 0.6 is 0 Å². The Morgan fingerprint density at radius 2 is 2.00 bits per heavy atom. The molecule has 3 heterocycles. The van der Waals surface area contributed by atoms with Crippen molar-refractivity contribution in [2.24, 2.45) is 5.92 Å². The maximum Gasteiger partial charge on any atom is 0.264 e. The van der Waals surface area contributed by atoms with Gasteiger partial charge in [-0.15, -0.1) is 11.7 Å². The first-order valence-corrected chi connectivity index (χ1v) is 17.5. The van der Waals surface area contributed by atoms with E-state index >= 15 is 0 Å². The van der Waals surface area contributed by atoms with E-state index in [0.29, 0.717) is 59.9 Å². The van der Waals surface area contributed by atoms with Gasteiger partial charge in [-0.05, 0) is 62.0 Å². The van der Waals surface area contributed by atoms with E-state index in [2.05, 4.69) is 22.2 Å². The molecule has 0 radical (unpaired) electrons. The number of carbonyl (C=O) groups excluding carboxylic acids is 2. The zero-order valence-corrected chi connectivity index (χ0v) is 26.0. The molecule has 0 bridgehead atoms. The van der Waals surface area contributed by atoms with Gasteiger partial charge in [-0.3, -0.25) is 14.3 Å². The number of hydrogen-bond acceptors (Lipinski definition) is 8. The smallest absolute Gasteiger partial charge is 0.264 e. The third kappa shape index (κ3) is 5.63. The molecule has 4 atom stereocenters. The lowest BCUT2D eigenvalue weighted by atomic mass is 9.82. The second-order valence-corrected chi connectivity index (χ2v) is 15.7. The average Bonchev–Trinajstić information content (AvgIpc) is 3.62. The van der Waals surface area contributed by atoms with Crippen molar-refractivity contribution in [2.45, 2.75) is 56.7 Å². The number of aromatic nitrogens is 3. The molecule has 1 saturated heterocycles. The number of anilines is 2. The number of amides is 2. The lowest BCUT2D eigenvalue weighted by Crippen LogP contribution is -2.46. The lowest BCUT2D eigenvalue weighted by molar-refractivity contribution is -0.145. The van der Waals surface area contributed by atoms with Crippen LogP contribution in [-0.2, 0) is 28.1 Å². The number of aryl methyl sites for hydroxylation is 1. The van der Waals surface area contributed by atoms with Gasteiger partial charge in [0, 0.05) is 60.6 Å². The minimum atomic E-state index is -2.85. The number of aliphatic hydroxyl groups excluding tert-OH is 1. The summed E-state index contributed by atoms with van der Waals surface area (Å²) < 4.78 is 13.7. The summed E-state index contributed by atoms with van der Waals surface area (Å²) in [5, 5.41) is 20.4. The third-order valence-electron chi connectivity index (χ3n) is 8.50. The molecule has 2 aromatic carbocycles. The molecule has 228 valence electrons. The monoisotopic (exact) mass is 605 g/mol. The molecule has 3 N–H and O–H groups in total. The molecule has 0 aliphatic carbocycles. The van der Waals surface area contributed by atoms with E-state index in [4.69, 9.17) is 9.47 Å². The molecule has 43 heavy (non-hydrogen) atoms. The minimum absolute atomic E-state index is 0.0118. The molecular weight excluding hydrogens is 566 g/mol. The van der Waals surface area contributed by atoms with E-state index in [1.54, 1.807) is 59.3 Å².